The molecule has 0 aromatic carbocycles. The molecule has 15 heavy (non-hydrogen) atoms. The largest absolute Gasteiger partial charge is 0.466 e. The fraction of sp³-hybridized carbons (Fsp3) is 0.889. The number of esters is 1. The number of hydrogen-bond donors (Lipinski definition) is 0. The summed E-state index contributed by atoms with van der Waals surface area (Å²) in [5.41, 5.74) is 0. The number of rotatable bonds is 9. The van der Waals surface area contributed by atoms with Crippen LogP contribution in [0.3, 0.4) is 0 Å². The minimum Gasteiger partial charge on any atom is -0.466 e. The molecule has 0 saturated heterocycles. The van der Waals surface area contributed by atoms with Crippen LogP contribution in [-0.2, 0) is 14.4 Å². The lowest BCUT2D eigenvalue weighted by Crippen LogP contribution is -2.02. The summed E-state index contributed by atoms with van der Waals surface area (Å²) in [6, 6.07) is 0. The highest BCUT2D eigenvalue weighted by atomic mass is 16.9. The van der Waals surface area contributed by atoms with E-state index in [9.17, 15) is 14.9 Å². The predicted molar refractivity (Wildman–Crippen MR) is 52.7 cm³/mol. The van der Waals surface area contributed by atoms with Crippen LogP contribution in [-0.4, -0.2) is 24.3 Å². The summed E-state index contributed by atoms with van der Waals surface area (Å²) in [5.74, 6) is -0.255. The minimum atomic E-state index is -0.777. The van der Waals surface area contributed by atoms with Gasteiger partial charge in [-0.1, -0.05) is 19.3 Å². The van der Waals surface area contributed by atoms with Crippen LogP contribution in [0.25, 0.3) is 0 Å². The van der Waals surface area contributed by atoms with E-state index in [1.165, 1.54) is 6.92 Å². The van der Waals surface area contributed by atoms with E-state index in [-0.39, 0.29) is 12.6 Å². The maximum atomic E-state index is 10.4. The van der Waals surface area contributed by atoms with E-state index in [0.29, 0.717) is 13.0 Å². The van der Waals surface area contributed by atoms with E-state index in [4.69, 9.17) is 4.74 Å². The van der Waals surface area contributed by atoms with Gasteiger partial charge in [0.1, 0.15) is 0 Å². The van der Waals surface area contributed by atoms with Gasteiger partial charge in [0, 0.05) is 6.92 Å². The molecule has 0 atom stereocenters. The number of unbranched alkanes of at least 4 members (excludes halogenated alkanes) is 4. The van der Waals surface area contributed by atoms with Crippen LogP contribution in [0.1, 0.15) is 39.0 Å². The van der Waals surface area contributed by atoms with Gasteiger partial charge in [-0.3, -0.25) is 4.79 Å². The molecule has 6 heteroatoms. The highest BCUT2D eigenvalue weighted by Crippen LogP contribution is 2.03. The molecular formula is C9H17NO5. The standard InChI is InChI=1S/C9H17NO5/c1-9(11)14-7-5-3-2-4-6-8-15-10(12)13/h2-8H2,1H3. The number of hydrogen-bond acceptors (Lipinski definition) is 5. The molecule has 0 rings (SSSR count). The Kier molecular flexibility index (Phi) is 8.42. The first-order valence-corrected chi connectivity index (χ1v) is 5.03. The molecule has 0 aromatic heterocycles. The first-order chi connectivity index (χ1) is 7.13. The minimum absolute atomic E-state index is 0.164. The summed E-state index contributed by atoms with van der Waals surface area (Å²) in [7, 11) is 0. The van der Waals surface area contributed by atoms with Gasteiger partial charge in [0.05, 0.1) is 13.2 Å². The van der Waals surface area contributed by atoms with Gasteiger partial charge in [-0.15, -0.1) is 10.1 Å². The van der Waals surface area contributed by atoms with E-state index in [1.54, 1.807) is 0 Å². The van der Waals surface area contributed by atoms with Gasteiger partial charge in [-0.25, -0.2) is 0 Å². The maximum absolute atomic E-state index is 10.4. The van der Waals surface area contributed by atoms with Crippen molar-refractivity contribution in [3.8, 4) is 0 Å². The summed E-state index contributed by atoms with van der Waals surface area (Å²) < 4.78 is 4.75. The Balaban J connectivity index is 2.99. The average Bonchev–Trinajstić information content (AvgIpc) is 2.14. The molecule has 0 aliphatic rings. The molecule has 6 nitrogen and oxygen atoms in total. The molecule has 88 valence electrons. The number of nitrogens with zero attached hydrogens (tertiary/aromatic N) is 1. The van der Waals surface area contributed by atoms with Gasteiger partial charge >= 0.3 is 5.97 Å². The molecular weight excluding hydrogens is 202 g/mol. The van der Waals surface area contributed by atoms with Gasteiger partial charge in [0.2, 0.25) is 0 Å². The van der Waals surface area contributed by atoms with Crippen molar-refractivity contribution in [1.29, 1.82) is 0 Å². The van der Waals surface area contributed by atoms with E-state index < -0.39 is 5.09 Å². The molecule has 0 heterocycles. The van der Waals surface area contributed by atoms with Gasteiger partial charge < -0.3 is 9.57 Å². The monoisotopic (exact) mass is 219 g/mol. The second kappa shape index (κ2) is 9.23. The van der Waals surface area contributed by atoms with Crippen molar-refractivity contribution in [2.75, 3.05) is 13.2 Å². The van der Waals surface area contributed by atoms with Crippen LogP contribution in [0.5, 0.6) is 0 Å². The van der Waals surface area contributed by atoms with E-state index in [2.05, 4.69) is 4.84 Å². The molecule has 0 aromatic rings. The Morgan fingerprint density at radius 2 is 1.67 bits per heavy atom. The summed E-state index contributed by atoms with van der Waals surface area (Å²) >= 11 is 0. The van der Waals surface area contributed by atoms with Crippen LogP contribution in [0.15, 0.2) is 0 Å². The third-order valence-electron chi connectivity index (χ3n) is 1.79. The summed E-state index contributed by atoms with van der Waals surface area (Å²) in [4.78, 5) is 24.3. The molecule has 0 spiro atoms. The molecule has 0 aliphatic carbocycles. The smallest absolute Gasteiger partial charge is 0.302 e. The second-order valence-electron chi connectivity index (χ2n) is 3.16. The Labute approximate surface area is 88.7 Å². The SMILES string of the molecule is CC(=O)OCCCCCCCO[N+](=O)[O-]. The van der Waals surface area contributed by atoms with E-state index >= 15 is 0 Å². The first-order valence-electron chi connectivity index (χ1n) is 5.03. The lowest BCUT2D eigenvalue weighted by molar-refractivity contribution is -0.757. The van der Waals surface area contributed by atoms with E-state index in [1.807, 2.05) is 0 Å². The summed E-state index contributed by atoms with van der Waals surface area (Å²) in [6.07, 6.45) is 4.37. The zero-order valence-electron chi connectivity index (χ0n) is 8.94. The van der Waals surface area contributed by atoms with Crippen LogP contribution < -0.4 is 0 Å². The van der Waals surface area contributed by atoms with Crippen LogP contribution in [0, 0.1) is 10.1 Å². The second-order valence-corrected chi connectivity index (χ2v) is 3.16. The molecule has 0 fully saturated rings. The zero-order valence-corrected chi connectivity index (χ0v) is 8.94. The summed E-state index contributed by atoms with van der Waals surface area (Å²) in [6.45, 7) is 2.01. The normalized spacial score (nSPS) is 9.67. The van der Waals surface area contributed by atoms with Crippen molar-refractivity contribution in [1.82, 2.24) is 0 Å². The molecule has 0 N–H and O–H groups in total. The Bertz CT molecular complexity index is 175. The van der Waals surface area contributed by atoms with Gasteiger partial charge in [-0.2, -0.15) is 0 Å². The number of ether oxygens (including phenoxy) is 1. The van der Waals surface area contributed by atoms with Crippen LogP contribution in [0.4, 0.5) is 0 Å². The average molecular weight is 219 g/mol. The summed E-state index contributed by atoms with van der Waals surface area (Å²) in [5, 5.41) is 8.99. The quantitative estimate of drug-likeness (QED) is 0.255. The third-order valence-corrected chi connectivity index (χ3v) is 1.79. The third kappa shape index (κ3) is 12.7. The fourth-order valence-electron chi connectivity index (χ4n) is 1.09. The van der Waals surface area contributed by atoms with Gasteiger partial charge in [0.15, 0.2) is 0 Å². The maximum Gasteiger partial charge on any atom is 0.302 e. The van der Waals surface area contributed by atoms with Gasteiger partial charge in [-0.05, 0) is 12.8 Å². The van der Waals surface area contributed by atoms with E-state index in [0.717, 1.165) is 25.7 Å². The highest BCUT2D eigenvalue weighted by molar-refractivity contribution is 5.65. The van der Waals surface area contributed by atoms with Crippen LogP contribution >= 0.6 is 0 Å². The first kappa shape index (κ1) is 13.7. The number of carbonyl (C=O) groups excluding carboxylic acids is 1. The molecule has 0 saturated carbocycles. The van der Waals surface area contributed by atoms with Crippen molar-refractivity contribution in [2.45, 2.75) is 39.0 Å². The van der Waals surface area contributed by atoms with Crippen molar-refractivity contribution in [3.63, 3.8) is 0 Å². The van der Waals surface area contributed by atoms with Crippen molar-refractivity contribution >= 4 is 5.97 Å². The van der Waals surface area contributed by atoms with Crippen molar-refractivity contribution in [2.24, 2.45) is 0 Å². The topological polar surface area (TPSA) is 78.7 Å². The fourth-order valence-corrected chi connectivity index (χ4v) is 1.09. The lowest BCUT2D eigenvalue weighted by Gasteiger charge is -2.02. The molecule has 0 radical (unpaired) electrons. The van der Waals surface area contributed by atoms with Gasteiger partial charge in [0.25, 0.3) is 5.09 Å². The highest BCUT2D eigenvalue weighted by Gasteiger charge is 1.96. The van der Waals surface area contributed by atoms with Crippen molar-refractivity contribution in [3.05, 3.63) is 10.1 Å². The van der Waals surface area contributed by atoms with Crippen molar-refractivity contribution < 1.29 is 19.5 Å². The Hall–Kier alpha value is -1.33. The Morgan fingerprint density at radius 3 is 2.20 bits per heavy atom. The molecule has 0 bridgehead atoms. The number of carbonyl (C=O) groups is 1. The Morgan fingerprint density at radius 1 is 1.13 bits per heavy atom. The zero-order chi connectivity index (χ0) is 11.5. The molecule has 0 amide bonds. The molecule has 0 aliphatic heterocycles. The van der Waals surface area contributed by atoms with Crippen LogP contribution in [0.2, 0.25) is 0 Å². The lowest BCUT2D eigenvalue weighted by atomic mass is 10.1. The molecule has 0 unspecified atom stereocenters. The predicted octanol–water partition coefficient (Wildman–Crippen LogP) is 1.71.